The minimum absolute atomic E-state index is 0.0111. The van der Waals surface area contributed by atoms with E-state index in [1.807, 2.05) is 19.0 Å². The van der Waals surface area contributed by atoms with Crippen LogP contribution in [0, 0.1) is 5.82 Å². The molecule has 0 radical (unpaired) electrons. The van der Waals surface area contributed by atoms with Crippen LogP contribution < -0.4 is 4.74 Å². The maximum absolute atomic E-state index is 14.2. The molecule has 1 N–H and O–H groups in total. The highest BCUT2D eigenvalue weighted by atomic mass is 19.1. The predicted molar refractivity (Wildman–Crippen MR) is 109 cm³/mol. The molecule has 0 saturated carbocycles. The van der Waals surface area contributed by atoms with Crippen molar-refractivity contribution < 1.29 is 23.8 Å². The molecule has 1 fully saturated rings. The molecule has 2 aromatic rings. The first-order valence-electron chi connectivity index (χ1n) is 9.53. The first-order valence-corrected chi connectivity index (χ1v) is 9.53. The summed E-state index contributed by atoms with van der Waals surface area (Å²) in [5.41, 5.74) is 0.436. The van der Waals surface area contributed by atoms with Gasteiger partial charge in [-0.1, -0.05) is 6.07 Å². The van der Waals surface area contributed by atoms with Gasteiger partial charge in [-0.3, -0.25) is 14.6 Å². The summed E-state index contributed by atoms with van der Waals surface area (Å²) in [7, 11) is 5.17. The lowest BCUT2D eigenvalue weighted by Gasteiger charge is -2.25. The molecule has 1 saturated heterocycles. The normalized spacial score (nSPS) is 18.3. The first-order chi connectivity index (χ1) is 14.3. The average molecular weight is 413 g/mol. The van der Waals surface area contributed by atoms with E-state index in [1.54, 1.807) is 24.4 Å². The number of benzene rings is 1. The molecular weight excluding hydrogens is 389 g/mol. The Morgan fingerprint density at radius 2 is 2.03 bits per heavy atom. The number of aliphatic hydroxyl groups is 1. The number of aliphatic hydroxyl groups excluding tert-OH is 1. The fourth-order valence-corrected chi connectivity index (χ4v) is 3.48. The molecular formula is C22H24FN3O4. The minimum atomic E-state index is -0.849. The van der Waals surface area contributed by atoms with Crippen LogP contribution in [0.5, 0.6) is 5.75 Å². The van der Waals surface area contributed by atoms with Crippen molar-refractivity contribution in [2.75, 3.05) is 34.3 Å². The number of methoxy groups -OCH3 is 1. The van der Waals surface area contributed by atoms with Crippen LogP contribution in [0.15, 0.2) is 48.2 Å². The highest BCUT2D eigenvalue weighted by molar-refractivity contribution is 6.46. The van der Waals surface area contributed by atoms with Gasteiger partial charge in [-0.05, 0) is 57.4 Å². The van der Waals surface area contributed by atoms with E-state index in [-0.39, 0.29) is 16.9 Å². The molecule has 3 rings (SSSR count). The summed E-state index contributed by atoms with van der Waals surface area (Å²) in [6, 6.07) is 8.18. The lowest BCUT2D eigenvalue weighted by Crippen LogP contribution is -2.32. The topological polar surface area (TPSA) is 83.0 Å². The van der Waals surface area contributed by atoms with Crippen molar-refractivity contribution in [1.82, 2.24) is 14.8 Å². The number of ketones is 1. The molecule has 158 valence electrons. The Labute approximate surface area is 174 Å². The first kappa shape index (κ1) is 21.4. The maximum atomic E-state index is 14.2. The highest BCUT2D eigenvalue weighted by Gasteiger charge is 2.46. The van der Waals surface area contributed by atoms with Crippen molar-refractivity contribution in [3.05, 3.63) is 65.2 Å². The largest absolute Gasteiger partial charge is 0.507 e. The Bertz CT molecular complexity index is 976. The van der Waals surface area contributed by atoms with Crippen LogP contribution in [0.3, 0.4) is 0 Å². The van der Waals surface area contributed by atoms with E-state index >= 15 is 0 Å². The molecule has 1 aliphatic rings. The van der Waals surface area contributed by atoms with Crippen molar-refractivity contribution in [1.29, 1.82) is 0 Å². The van der Waals surface area contributed by atoms with Crippen molar-refractivity contribution in [3.8, 4) is 5.75 Å². The smallest absolute Gasteiger partial charge is 0.295 e. The molecule has 0 spiro atoms. The zero-order chi connectivity index (χ0) is 21.8. The number of hydrogen-bond donors (Lipinski definition) is 1. The molecule has 7 nitrogen and oxygen atoms in total. The van der Waals surface area contributed by atoms with Crippen molar-refractivity contribution in [3.63, 3.8) is 0 Å². The van der Waals surface area contributed by atoms with Crippen LogP contribution >= 0.6 is 0 Å². The highest BCUT2D eigenvalue weighted by Crippen LogP contribution is 2.39. The molecule has 30 heavy (non-hydrogen) atoms. The van der Waals surface area contributed by atoms with Gasteiger partial charge in [-0.2, -0.15) is 0 Å². The number of hydrogen-bond acceptors (Lipinski definition) is 6. The number of carbonyl (C=O) groups is 2. The van der Waals surface area contributed by atoms with Gasteiger partial charge < -0.3 is 19.6 Å². The number of ether oxygens (including phenoxy) is 1. The van der Waals surface area contributed by atoms with Crippen molar-refractivity contribution in [2.24, 2.45) is 0 Å². The van der Waals surface area contributed by atoms with Gasteiger partial charge in [0.2, 0.25) is 0 Å². The lowest BCUT2D eigenvalue weighted by molar-refractivity contribution is -0.140. The van der Waals surface area contributed by atoms with Gasteiger partial charge in [-0.15, -0.1) is 0 Å². The molecule has 0 aliphatic carbocycles. The lowest BCUT2D eigenvalue weighted by atomic mass is 9.98. The quantitative estimate of drug-likeness (QED) is 0.427. The van der Waals surface area contributed by atoms with E-state index in [9.17, 15) is 19.1 Å². The summed E-state index contributed by atoms with van der Waals surface area (Å²) in [5.74, 6) is -2.64. The molecule has 1 aromatic carbocycles. The van der Waals surface area contributed by atoms with Gasteiger partial charge in [0.05, 0.1) is 18.4 Å². The molecule has 2 heterocycles. The number of aromatic nitrogens is 1. The Balaban J connectivity index is 2.08. The van der Waals surface area contributed by atoms with Gasteiger partial charge in [0.1, 0.15) is 11.8 Å². The van der Waals surface area contributed by atoms with Crippen LogP contribution in [0.1, 0.15) is 23.7 Å². The SMILES string of the molecule is COc1ccc(C(O)=C2C(=O)C(=O)N(CCCN(C)C)C2c2ccccn2)cc1F. The van der Waals surface area contributed by atoms with Crippen LogP contribution in [-0.2, 0) is 9.59 Å². The van der Waals surface area contributed by atoms with E-state index in [1.165, 1.54) is 24.1 Å². The summed E-state index contributed by atoms with van der Waals surface area (Å²) in [4.78, 5) is 33.3. The summed E-state index contributed by atoms with van der Waals surface area (Å²) in [6.45, 7) is 1.04. The van der Waals surface area contributed by atoms with Crippen LogP contribution in [-0.4, -0.2) is 65.9 Å². The molecule has 1 aromatic heterocycles. The molecule has 1 unspecified atom stereocenters. The van der Waals surface area contributed by atoms with Crippen molar-refractivity contribution >= 4 is 17.4 Å². The van der Waals surface area contributed by atoms with E-state index in [4.69, 9.17) is 4.74 Å². The molecule has 0 bridgehead atoms. The number of halogens is 1. The molecule has 1 atom stereocenters. The number of likely N-dealkylation sites (tertiary alicyclic amines) is 1. The van der Waals surface area contributed by atoms with Gasteiger partial charge in [0.15, 0.2) is 11.6 Å². The third-order valence-electron chi connectivity index (χ3n) is 4.94. The summed E-state index contributed by atoms with van der Waals surface area (Å²) < 4.78 is 19.1. The predicted octanol–water partition coefficient (Wildman–Crippen LogP) is 2.60. The number of carbonyl (C=O) groups excluding carboxylic acids is 2. The summed E-state index contributed by atoms with van der Waals surface area (Å²) in [5, 5.41) is 10.9. The van der Waals surface area contributed by atoms with E-state index in [0.29, 0.717) is 18.7 Å². The van der Waals surface area contributed by atoms with Gasteiger partial charge in [0.25, 0.3) is 11.7 Å². The average Bonchev–Trinajstić information content (AvgIpc) is 2.98. The maximum Gasteiger partial charge on any atom is 0.295 e. The van der Waals surface area contributed by atoms with E-state index < -0.39 is 29.3 Å². The van der Waals surface area contributed by atoms with Gasteiger partial charge in [0, 0.05) is 18.3 Å². The van der Waals surface area contributed by atoms with Crippen LogP contribution in [0.25, 0.3) is 5.76 Å². The van der Waals surface area contributed by atoms with Gasteiger partial charge in [-0.25, -0.2) is 4.39 Å². The number of rotatable bonds is 7. The monoisotopic (exact) mass is 413 g/mol. The fraction of sp³-hybridized carbons (Fsp3) is 0.318. The minimum Gasteiger partial charge on any atom is -0.507 e. The van der Waals surface area contributed by atoms with Crippen LogP contribution in [0.4, 0.5) is 4.39 Å². The van der Waals surface area contributed by atoms with E-state index in [2.05, 4.69) is 4.98 Å². The Kier molecular flexibility index (Phi) is 6.47. The Morgan fingerprint density at radius 1 is 1.27 bits per heavy atom. The number of nitrogens with zero attached hydrogens (tertiary/aromatic N) is 3. The second-order valence-corrected chi connectivity index (χ2v) is 7.25. The third kappa shape index (κ3) is 4.18. The summed E-state index contributed by atoms with van der Waals surface area (Å²) >= 11 is 0. The van der Waals surface area contributed by atoms with Crippen LogP contribution in [0.2, 0.25) is 0 Å². The Morgan fingerprint density at radius 3 is 2.63 bits per heavy atom. The Hall–Kier alpha value is -3.26. The third-order valence-corrected chi connectivity index (χ3v) is 4.94. The second kappa shape index (κ2) is 9.04. The fourth-order valence-electron chi connectivity index (χ4n) is 3.48. The second-order valence-electron chi connectivity index (χ2n) is 7.25. The molecule has 1 amide bonds. The number of Topliss-reactive ketones (excluding diaryl/α,β-unsaturated/α-hetero) is 1. The number of amides is 1. The standard InChI is InChI=1S/C22H24FN3O4/c1-25(2)11-6-12-26-19(16-7-4-5-10-24-16)18(21(28)22(26)29)20(27)14-8-9-17(30-3)15(23)13-14/h4-5,7-10,13,19,27H,6,11-12H2,1-3H3. The number of pyridine rings is 1. The van der Waals surface area contributed by atoms with E-state index in [0.717, 1.165) is 12.6 Å². The molecule has 8 heteroatoms. The zero-order valence-corrected chi connectivity index (χ0v) is 17.1. The molecule has 1 aliphatic heterocycles. The zero-order valence-electron chi connectivity index (χ0n) is 17.1. The van der Waals surface area contributed by atoms with Gasteiger partial charge >= 0.3 is 0 Å². The summed E-state index contributed by atoms with van der Waals surface area (Å²) in [6.07, 6.45) is 2.20. The van der Waals surface area contributed by atoms with Crippen molar-refractivity contribution in [2.45, 2.75) is 12.5 Å².